The van der Waals surface area contributed by atoms with E-state index in [1.54, 1.807) is 36.4 Å². The second-order valence-electron chi connectivity index (χ2n) is 4.52. The van der Waals surface area contributed by atoms with Gasteiger partial charge in [-0.1, -0.05) is 29.8 Å². The molecule has 110 valence electrons. The van der Waals surface area contributed by atoms with Crippen LogP contribution in [0.2, 0.25) is 5.02 Å². The molecular weight excluding hydrogens is 306 g/mol. The quantitative estimate of drug-likeness (QED) is 0.691. The average Bonchev–Trinajstić information content (AvgIpc) is 2.89. The van der Waals surface area contributed by atoms with Gasteiger partial charge in [-0.25, -0.2) is 9.78 Å². The third-order valence-corrected chi connectivity index (χ3v) is 3.43. The van der Waals surface area contributed by atoms with E-state index in [-0.39, 0.29) is 11.5 Å². The highest BCUT2D eigenvalue weighted by Crippen LogP contribution is 2.20. The average molecular weight is 316 g/mol. The van der Waals surface area contributed by atoms with Gasteiger partial charge in [0.15, 0.2) is 0 Å². The number of carboxylic acid groups (broad SMARTS) is 1. The highest BCUT2D eigenvalue weighted by molar-refractivity contribution is 6.34. The molecular formula is C15H10ClN3O3. The topological polar surface area (TPSA) is 95.1 Å². The van der Waals surface area contributed by atoms with Crippen LogP contribution in [0.15, 0.2) is 42.5 Å². The molecule has 1 aromatic heterocycles. The van der Waals surface area contributed by atoms with Crippen LogP contribution in [-0.4, -0.2) is 27.0 Å². The zero-order valence-corrected chi connectivity index (χ0v) is 11.9. The molecule has 2 aromatic carbocycles. The van der Waals surface area contributed by atoms with Gasteiger partial charge in [-0.15, -0.1) is 0 Å². The summed E-state index contributed by atoms with van der Waals surface area (Å²) in [6.07, 6.45) is 0. The van der Waals surface area contributed by atoms with Crippen molar-refractivity contribution >= 4 is 40.5 Å². The van der Waals surface area contributed by atoms with Gasteiger partial charge in [0.2, 0.25) is 5.95 Å². The number of halogens is 1. The van der Waals surface area contributed by atoms with Crippen molar-refractivity contribution < 1.29 is 14.7 Å². The summed E-state index contributed by atoms with van der Waals surface area (Å²) in [5, 5.41) is 12.0. The molecule has 0 spiro atoms. The lowest BCUT2D eigenvalue weighted by Crippen LogP contribution is -2.13. The molecule has 3 aromatic rings. The number of imidazole rings is 1. The molecule has 0 bridgehead atoms. The molecule has 1 heterocycles. The van der Waals surface area contributed by atoms with Crippen LogP contribution < -0.4 is 5.32 Å². The maximum Gasteiger partial charge on any atom is 0.337 e. The van der Waals surface area contributed by atoms with Crippen LogP contribution in [0, 0.1) is 0 Å². The van der Waals surface area contributed by atoms with Gasteiger partial charge in [0.25, 0.3) is 5.91 Å². The lowest BCUT2D eigenvalue weighted by Gasteiger charge is -2.03. The van der Waals surface area contributed by atoms with Crippen LogP contribution in [0.25, 0.3) is 11.0 Å². The first-order chi connectivity index (χ1) is 10.6. The minimum absolute atomic E-state index is 0.0863. The Labute approximate surface area is 129 Å². The maximum atomic E-state index is 12.2. The van der Waals surface area contributed by atoms with Gasteiger partial charge in [-0.3, -0.25) is 10.1 Å². The lowest BCUT2D eigenvalue weighted by molar-refractivity contribution is 0.0698. The van der Waals surface area contributed by atoms with E-state index in [2.05, 4.69) is 15.3 Å². The van der Waals surface area contributed by atoms with Gasteiger partial charge < -0.3 is 10.1 Å². The normalized spacial score (nSPS) is 10.6. The molecule has 7 heteroatoms. The summed E-state index contributed by atoms with van der Waals surface area (Å²) in [6, 6.07) is 11.3. The second kappa shape index (κ2) is 5.50. The van der Waals surface area contributed by atoms with Gasteiger partial charge in [-0.05, 0) is 24.3 Å². The number of fused-ring (bicyclic) bond motifs is 1. The largest absolute Gasteiger partial charge is 0.478 e. The summed E-state index contributed by atoms with van der Waals surface area (Å²) in [5.74, 6) is -1.34. The fourth-order valence-corrected chi connectivity index (χ4v) is 2.31. The number of H-pyrrole nitrogens is 1. The van der Waals surface area contributed by atoms with E-state index in [4.69, 9.17) is 16.7 Å². The van der Waals surface area contributed by atoms with Crippen LogP contribution in [0.4, 0.5) is 5.95 Å². The van der Waals surface area contributed by atoms with Gasteiger partial charge in [0.1, 0.15) is 0 Å². The third-order valence-electron chi connectivity index (χ3n) is 3.10. The molecule has 0 atom stereocenters. The van der Waals surface area contributed by atoms with E-state index >= 15 is 0 Å². The molecule has 6 nitrogen and oxygen atoms in total. The Morgan fingerprint density at radius 1 is 1.09 bits per heavy atom. The van der Waals surface area contributed by atoms with Crippen molar-refractivity contribution in [2.45, 2.75) is 0 Å². The van der Waals surface area contributed by atoms with Crippen molar-refractivity contribution in [3.63, 3.8) is 0 Å². The molecule has 1 amide bonds. The molecule has 0 radical (unpaired) electrons. The van der Waals surface area contributed by atoms with E-state index in [0.717, 1.165) is 0 Å². The number of nitrogens with zero attached hydrogens (tertiary/aromatic N) is 1. The second-order valence-corrected chi connectivity index (χ2v) is 4.93. The number of aromatic nitrogens is 2. The number of nitrogens with one attached hydrogen (secondary N) is 2. The zero-order chi connectivity index (χ0) is 15.7. The Kier molecular flexibility index (Phi) is 3.52. The van der Waals surface area contributed by atoms with Gasteiger partial charge in [-0.2, -0.15) is 0 Å². The fraction of sp³-hybridized carbons (Fsp3) is 0. The van der Waals surface area contributed by atoms with Crippen LogP contribution in [0.5, 0.6) is 0 Å². The first-order valence-corrected chi connectivity index (χ1v) is 6.72. The first kappa shape index (κ1) is 14.1. The van der Waals surface area contributed by atoms with Crippen molar-refractivity contribution in [1.29, 1.82) is 0 Å². The molecule has 0 fully saturated rings. The fourth-order valence-electron chi connectivity index (χ4n) is 2.09. The predicted molar refractivity (Wildman–Crippen MR) is 82.5 cm³/mol. The van der Waals surface area contributed by atoms with Crippen molar-refractivity contribution in [2.75, 3.05) is 5.32 Å². The molecule has 3 N–H and O–H groups in total. The van der Waals surface area contributed by atoms with Crippen LogP contribution >= 0.6 is 11.6 Å². The molecule has 0 unspecified atom stereocenters. The van der Waals surface area contributed by atoms with E-state index in [9.17, 15) is 9.59 Å². The highest BCUT2D eigenvalue weighted by Gasteiger charge is 2.15. The Balaban J connectivity index is 1.95. The Morgan fingerprint density at radius 3 is 2.55 bits per heavy atom. The third kappa shape index (κ3) is 2.51. The molecule has 0 saturated carbocycles. The summed E-state index contributed by atoms with van der Waals surface area (Å²) in [5.41, 5.74) is 1.20. The highest BCUT2D eigenvalue weighted by atomic mass is 35.5. The molecule has 0 saturated heterocycles. The van der Waals surface area contributed by atoms with Gasteiger partial charge in [0, 0.05) is 0 Å². The van der Waals surface area contributed by atoms with Crippen LogP contribution in [0.1, 0.15) is 20.7 Å². The molecule has 0 aliphatic carbocycles. The zero-order valence-electron chi connectivity index (χ0n) is 11.1. The minimum Gasteiger partial charge on any atom is -0.478 e. The number of carboxylic acids is 1. The Hall–Kier alpha value is -2.86. The number of benzene rings is 2. The van der Waals surface area contributed by atoms with Gasteiger partial charge >= 0.3 is 5.97 Å². The maximum absolute atomic E-state index is 12.2. The summed E-state index contributed by atoms with van der Waals surface area (Å²) < 4.78 is 0. The van der Waals surface area contributed by atoms with Crippen molar-refractivity contribution in [1.82, 2.24) is 9.97 Å². The van der Waals surface area contributed by atoms with Crippen molar-refractivity contribution in [3.8, 4) is 0 Å². The van der Waals surface area contributed by atoms with E-state index < -0.39 is 11.9 Å². The van der Waals surface area contributed by atoms with Gasteiger partial charge in [0.05, 0.1) is 27.2 Å². The summed E-state index contributed by atoms with van der Waals surface area (Å²) in [4.78, 5) is 30.3. The molecule has 0 aliphatic heterocycles. The SMILES string of the molecule is O=C(Nc1nc2cccc(C(=O)O)c2[nH]1)c1ccccc1Cl. The predicted octanol–water partition coefficient (Wildman–Crippen LogP) is 3.17. The van der Waals surface area contributed by atoms with Crippen molar-refractivity contribution in [2.24, 2.45) is 0 Å². The number of anilines is 1. The first-order valence-electron chi connectivity index (χ1n) is 6.34. The summed E-state index contributed by atoms with van der Waals surface area (Å²) >= 11 is 5.96. The number of aromatic amines is 1. The van der Waals surface area contributed by atoms with Crippen LogP contribution in [-0.2, 0) is 0 Å². The van der Waals surface area contributed by atoms with E-state index in [1.165, 1.54) is 6.07 Å². The van der Waals surface area contributed by atoms with Crippen molar-refractivity contribution in [3.05, 3.63) is 58.6 Å². The minimum atomic E-state index is -1.07. The number of carbonyl (C=O) groups excluding carboxylic acids is 1. The van der Waals surface area contributed by atoms with E-state index in [1.807, 2.05) is 0 Å². The number of aromatic carboxylic acids is 1. The smallest absolute Gasteiger partial charge is 0.337 e. The number of carbonyl (C=O) groups is 2. The Bertz CT molecular complexity index is 889. The Morgan fingerprint density at radius 2 is 1.82 bits per heavy atom. The number of para-hydroxylation sites is 1. The molecule has 22 heavy (non-hydrogen) atoms. The number of hydrogen-bond acceptors (Lipinski definition) is 3. The monoisotopic (exact) mass is 315 g/mol. The number of rotatable bonds is 3. The lowest BCUT2D eigenvalue weighted by atomic mass is 10.2. The number of amides is 1. The molecule has 3 rings (SSSR count). The molecule has 0 aliphatic rings. The standard InChI is InChI=1S/C15H10ClN3O3/c16-10-6-2-1-4-8(10)13(20)19-15-17-11-7-3-5-9(14(21)22)12(11)18-15/h1-7H,(H,21,22)(H2,17,18,19,20). The number of hydrogen-bond donors (Lipinski definition) is 3. The summed E-state index contributed by atoms with van der Waals surface area (Å²) in [7, 11) is 0. The summed E-state index contributed by atoms with van der Waals surface area (Å²) in [6.45, 7) is 0. The van der Waals surface area contributed by atoms with Crippen LogP contribution in [0.3, 0.4) is 0 Å². The van der Waals surface area contributed by atoms with E-state index in [0.29, 0.717) is 21.6 Å².